The number of nitrogens with zero attached hydrogens (tertiary/aromatic N) is 1. The van der Waals surface area contributed by atoms with Crippen LogP contribution in [0.5, 0.6) is 0 Å². The van der Waals surface area contributed by atoms with Crippen LogP contribution in [0.25, 0.3) is 0 Å². The van der Waals surface area contributed by atoms with Gasteiger partial charge >= 0.3 is 11.9 Å². The van der Waals surface area contributed by atoms with Crippen molar-refractivity contribution < 1.29 is 19.1 Å². The van der Waals surface area contributed by atoms with Crippen LogP contribution in [-0.4, -0.2) is 41.8 Å². The molecule has 0 spiro atoms. The van der Waals surface area contributed by atoms with Crippen LogP contribution in [0.3, 0.4) is 0 Å². The van der Waals surface area contributed by atoms with E-state index in [1.807, 2.05) is 35.2 Å². The maximum atomic E-state index is 12.8. The van der Waals surface area contributed by atoms with Gasteiger partial charge in [-0.25, -0.2) is 0 Å². The van der Waals surface area contributed by atoms with E-state index in [1.54, 1.807) is 27.7 Å². The van der Waals surface area contributed by atoms with E-state index in [0.29, 0.717) is 19.5 Å². The van der Waals surface area contributed by atoms with E-state index in [1.165, 1.54) is 0 Å². The maximum absolute atomic E-state index is 12.8. The first kappa shape index (κ1) is 20.4. The molecule has 2 rings (SSSR count). The molecule has 3 atom stereocenters. The van der Waals surface area contributed by atoms with Crippen molar-refractivity contribution in [3.8, 4) is 0 Å². The van der Waals surface area contributed by atoms with Crippen LogP contribution in [0.4, 0.5) is 0 Å². The largest absolute Gasteiger partial charge is 0.466 e. The molecule has 26 heavy (non-hydrogen) atoms. The molecule has 3 unspecified atom stereocenters. The predicted octanol–water partition coefficient (Wildman–Crippen LogP) is 2.31. The molecule has 0 aliphatic carbocycles. The first-order chi connectivity index (χ1) is 12.2. The number of esters is 2. The van der Waals surface area contributed by atoms with Crippen molar-refractivity contribution in [1.29, 1.82) is 0 Å². The lowest BCUT2D eigenvalue weighted by atomic mass is 9.82. The minimum absolute atomic E-state index is 0.277. The highest BCUT2D eigenvalue weighted by Gasteiger charge is 2.46. The molecule has 1 aliphatic heterocycles. The molecule has 0 aromatic heterocycles. The van der Waals surface area contributed by atoms with Crippen molar-refractivity contribution in [1.82, 2.24) is 4.90 Å². The fourth-order valence-electron chi connectivity index (χ4n) is 3.29. The summed E-state index contributed by atoms with van der Waals surface area (Å²) in [6.07, 6.45) is -0.0864. The Balaban J connectivity index is 2.21. The first-order valence-electron chi connectivity index (χ1n) is 9.16. The average molecular weight is 362 g/mol. The van der Waals surface area contributed by atoms with Gasteiger partial charge in [0.2, 0.25) is 0 Å². The highest BCUT2D eigenvalue weighted by Crippen LogP contribution is 2.31. The molecule has 1 heterocycles. The second kappa shape index (κ2) is 8.64. The van der Waals surface area contributed by atoms with Crippen molar-refractivity contribution in [2.75, 3.05) is 13.2 Å². The molecule has 1 saturated heterocycles. The van der Waals surface area contributed by atoms with Crippen LogP contribution in [0.2, 0.25) is 0 Å². The number of rotatable bonds is 5. The van der Waals surface area contributed by atoms with Gasteiger partial charge in [0.05, 0.1) is 24.6 Å². The summed E-state index contributed by atoms with van der Waals surface area (Å²) in [5, 5.41) is 0. The van der Waals surface area contributed by atoms with Gasteiger partial charge in [-0.3, -0.25) is 14.5 Å². The molecule has 0 saturated carbocycles. The molecule has 1 fully saturated rings. The molecular formula is C20H30N2O4. The minimum Gasteiger partial charge on any atom is -0.466 e. The van der Waals surface area contributed by atoms with Crippen LogP contribution >= 0.6 is 0 Å². The number of likely N-dealkylation sites (tertiary alicyclic amines) is 1. The Kier molecular flexibility index (Phi) is 6.78. The normalized spacial score (nSPS) is 24.1. The van der Waals surface area contributed by atoms with Gasteiger partial charge in [0.15, 0.2) is 0 Å². The maximum Gasteiger partial charge on any atom is 0.313 e. The van der Waals surface area contributed by atoms with Crippen LogP contribution in [0.15, 0.2) is 30.3 Å². The second-order valence-corrected chi connectivity index (χ2v) is 7.65. The molecule has 1 aromatic rings. The van der Waals surface area contributed by atoms with Gasteiger partial charge in [0.1, 0.15) is 5.60 Å². The molecule has 6 nitrogen and oxygen atoms in total. The lowest BCUT2D eigenvalue weighted by Crippen LogP contribution is -2.58. The number of benzene rings is 1. The fourth-order valence-corrected chi connectivity index (χ4v) is 3.29. The lowest BCUT2D eigenvalue weighted by molar-refractivity contribution is -0.175. The Labute approximate surface area is 155 Å². The Morgan fingerprint density at radius 3 is 2.42 bits per heavy atom. The summed E-state index contributed by atoms with van der Waals surface area (Å²) in [5.74, 6) is -2.14. The third kappa shape index (κ3) is 5.29. The van der Waals surface area contributed by atoms with E-state index in [-0.39, 0.29) is 12.6 Å². The minimum atomic E-state index is -0.745. The van der Waals surface area contributed by atoms with Gasteiger partial charge in [-0.15, -0.1) is 0 Å². The molecular weight excluding hydrogens is 332 g/mol. The number of nitrogens with two attached hydrogens (primary N) is 1. The third-order valence-corrected chi connectivity index (χ3v) is 4.45. The highest BCUT2D eigenvalue weighted by atomic mass is 16.6. The lowest BCUT2D eigenvalue weighted by Gasteiger charge is -2.42. The Hall–Kier alpha value is -1.92. The van der Waals surface area contributed by atoms with Crippen molar-refractivity contribution in [2.24, 2.45) is 17.6 Å². The monoisotopic (exact) mass is 362 g/mol. The predicted molar refractivity (Wildman–Crippen MR) is 98.9 cm³/mol. The number of hydrogen-bond acceptors (Lipinski definition) is 6. The van der Waals surface area contributed by atoms with Gasteiger partial charge in [0, 0.05) is 13.1 Å². The van der Waals surface area contributed by atoms with Crippen LogP contribution in [0, 0.1) is 11.8 Å². The van der Waals surface area contributed by atoms with E-state index in [2.05, 4.69) is 0 Å². The first-order valence-corrected chi connectivity index (χ1v) is 9.16. The van der Waals surface area contributed by atoms with Gasteiger partial charge < -0.3 is 15.2 Å². The summed E-state index contributed by atoms with van der Waals surface area (Å²) < 4.78 is 10.7. The number of piperidine rings is 1. The zero-order chi connectivity index (χ0) is 19.3. The summed E-state index contributed by atoms with van der Waals surface area (Å²) in [7, 11) is 0. The van der Waals surface area contributed by atoms with E-state index in [9.17, 15) is 9.59 Å². The Morgan fingerprint density at radius 2 is 1.85 bits per heavy atom. The summed E-state index contributed by atoms with van der Waals surface area (Å²) in [6, 6.07) is 9.94. The number of hydrogen-bond donors (Lipinski definition) is 1. The highest BCUT2D eigenvalue weighted by molar-refractivity contribution is 5.83. The number of carbonyl (C=O) groups is 2. The van der Waals surface area contributed by atoms with E-state index in [0.717, 1.165) is 5.56 Å². The summed E-state index contributed by atoms with van der Waals surface area (Å²) in [5.41, 5.74) is 6.90. The van der Waals surface area contributed by atoms with E-state index < -0.39 is 29.6 Å². The van der Waals surface area contributed by atoms with Crippen LogP contribution < -0.4 is 5.73 Å². The Morgan fingerprint density at radius 1 is 1.19 bits per heavy atom. The van der Waals surface area contributed by atoms with Crippen molar-refractivity contribution in [2.45, 2.75) is 52.4 Å². The summed E-state index contributed by atoms with van der Waals surface area (Å²) >= 11 is 0. The second-order valence-electron chi connectivity index (χ2n) is 7.65. The van der Waals surface area contributed by atoms with E-state index >= 15 is 0 Å². The molecule has 0 amide bonds. The van der Waals surface area contributed by atoms with Gasteiger partial charge in [0.25, 0.3) is 0 Å². The quantitative estimate of drug-likeness (QED) is 0.810. The SMILES string of the molecule is CCOC(=O)C1CCN(Cc2ccccc2)C(N)C1C(=O)OC(C)(C)C. The van der Waals surface area contributed by atoms with Crippen molar-refractivity contribution >= 4 is 11.9 Å². The van der Waals surface area contributed by atoms with Crippen molar-refractivity contribution in [3.63, 3.8) is 0 Å². The van der Waals surface area contributed by atoms with Crippen LogP contribution in [0.1, 0.15) is 39.7 Å². The fraction of sp³-hybridized carbons (Fsp3) is 0.600. The standard InChI is InChI=1S/C20H30N2O4/c1-5-25-18(23)15-11-12-22(13-14-9-7-6-8-10-14)17(21)16(15)19(24)26-20(2,3)4/h6-10,15-17H,5,11-13,21H2,1-4H3. The molecule has 0 bridgehead atoms. The molecule has 1 aromatic carbocycles. The zero-order valence-electron chi connectivity index (χ0n) is 16.1. The molecule has 1 aliphatic rings. The van der Waals surface area contributed by atoms with Gasteiger partial charge in [-0.2, -0.15) is 0 Å². The molecule has 6 heteroatoms. The Bertz CT molecular complexity index is 612. The number of ether oxygens (including phenoxy) is 2. The summed E-state index contributed by atoms with van der Waals surface area (Å²) in [6.45, 7) is 8.70. The molecule has 2 N–H and O–H groups in total. The van der Waals surface area contributed by atoms with Gasteiger partial charge in [-0.05, 0) is 39.7 Å². The topological polar surface area (TPSA) is 81.9 Å². The molecule has 144 valence electrons. The zero-order valence-corrected chi connectivity index (χ0v) is 16.1. The smallest absolute Gasteiger partial charge is 0.313 e. The number of carbonyl (C=O) groups excluding carboxylic acids is 2. The third-order valence-electron chi connectivity index (χ3n) is 4.45. The van der Waals surface area contributed by atoms with E-state index in [4.69, 9.17) is 15.2 Å². The summed E-state index contributed by atoms with van der Waals surface area (Å²) in [4.78, 5) is 27.2. The average Bonchev–Trinajstić information content (AvgIpc) is 2.56. The van der Waals surface area contributed by atoms with Gasteiger partial charge in [-0.1, -0.05) is 30.3 Å². The van der Waals surface area contributed by atoms with Crippen LogP contribution in [-0.2, 0) is 25.6 Å². The van der Waals surface area contributed by atoms with Crippen molar-refractivity contribution in [3.05, 3.63) is 35.9 Å². The molecule has 0 radical (unpaired) electrons.